The molecule has 1 aromatic heterocycles. The maximum absolute atomic E-state index is 4.21. The maximum Gasteiger partial charge on any atom is 0.0967 e. The molecule has 2 rings (SSSR count). The molecular weight excluding hydrogens is 238 g/mol. The molecule has 0 radical (unpaired) electrons. The second-order valence-corrected chi connectivity index (χ2v) is 6.82. The van der Waals surface area contributed by atoms with Gasteiger partial charge in [0.2, 0.25) is 0 Å². The Labute approximate surface area is 116 Å². The molecule has 0 amide bonds. The average Bonchev–Trinajstić information content (AvgIpc) is 2.60. The zero-order valence-corrected chi connectivity index (χ0v) is 12.8. The number of aromatic nitrogens is 3. The monoisotopic (exact) mass is 265 g/mol. The van der Waals surface area contributed by atoms with Gasteiger partial charge in [-0.1, -0.05) is 26.0 Å². The maximum atomic E-state index is 4.21. The van der Waals surface area contributed by atoms with Crippen LogP contribution in [0.25, 0.3) is 0 Å². The Balaban J connectivity index is 2.07. The van der Waals surface area contributed by atoms with Gasteiger partial charge in [0.05, 0.1) is 5.69 Å². The first-order chi connectivity index (χ1) is 8.86. The van der Waals surface area contributed by atoms with Crippen molar-refractivity contribution in [3.8, 4) is 0 Å². The van der Waals surface area contributed by atoms with Gasteiger partial charge in [-0.05, 0) is 25.3 Å². The van der Waals surface area contributed by atoms with E-state index < -0.39 is 0 Å². The fourth-order valence-electron chi connectivity index (χ4n) is 2.60. The van der Waals surface area contributed by atoms with Crippen LogP contribution in [0.4, 0.5) is 0 Å². The van der Waals surface area contributed by atoms with Gasteiger partial charge in [0, 0.05) is 38.4 Å². The number of hydrogen-bond acceptors (Lipinski definition) is 4. The summed E-state index contributed by atoms with van der Waals surface area (Å²) in [5.74, 6) is 0. The van der Waals surface area contributed by atoms with E-state index in [0.29, 0.717) is 12.1 Å². The zero-order chi connectivity index (χ0) is 14.0. The lowest BCUT2D eigenvalue weighted by atomic mass is 9.86. The standard InChI is InChI=1S/C14H27N5/c1-11-6-7-15-13(14(2,3)4)10-19(11)9-12-8-18(5)17-16-12/h8,11,13,15H,6-7,9-10H2,1-5H3. The summed E-state index contributed by atoms with van der Waals surface area (Å²) < 4.78 is 1.78. The average molecular weight is 265 g/mol. The van der Waals surface area contributed by atoms with Crippen LogP contribution in [0.15, 0.2) is 6.20 Å². The molecule has 0 spiro atoms. The molecule has 0 saturated carbocycles. The third kappa shape index (κ3) is 3.76. The number of nitrogens with zero attached hydrogens (tertiary/aromatic N) is 4. The molecule has 1 saturated heterocycles. The van der Waals surface area contributed by atoms with Crippen molar-refractivity contribution in [2.75, 3.05) is 13.1 Å². The van der Waals surface area contributed by atoms with Crippen LogP contribution in [0.1, 0.15) is 39.8 Å². The van der Waals surface area contributed by atoms with Gasteiger partial charge >= 0.3 is 0 Å². The number of nitrogens with one attached hydrogen (secondary N) is 1. The van der Waals surface area contributed by atoms with E-state index >= 15 is 0 Å². The zero-order valence-electron chi connectivity index (χ0n) is 12.8. The molecule has 2 atom stereocenters. The normalized spacial score (nSPS) is 26.4. The molecule has 2 unspecified atom stereocenters. The van der Waals surface area contributed by atoms with E-state index in [0.717, 1.165) is 25.3 Å². The van der Waals surface area contributed by atoms with Crippen LogP contribution >= 0.6 is 0 Å². The van der Waals surface area contributed by atoms with Gasteiger partial charge < -0.3 is 5.32 Å². The van der Waals surface area contributed by atoms with Crippen molar-refractivity contribution in [3.05, 3.63) is 11.9 Å². The summed E-state index contributed by atoms with van der Waals surface area (Å²) in [5.41, 5.74) is 1.34. The highest BCUT2D eigenvalue weighted by Gasteiger charge is 2.30. The van der Waals surface area contributed by atoms with E-state index in [-0.39, 0.29) is 5.41 Å². The quantitative estimate of drug-likeness (QED) is 0.878. The van der Waals surface area contributed by atoms with Crippen LogP contribution in [-0.4, -0.2) is 45.1 Å². The highest BCUT2D eigenvalue weighted by Crippen LogP contribution is 2.24. The summed E-state index contributed by atoms with van der Waals surface area (Å²) in [4.78, 5) is 2.53. The molecule has 1 aliphatic rings. The minimum atomic E-state index is 0.282. The number of rotatable bonds is 2. The molecule has 108 valence electrons. The first kappa shape index (κ1) is 14.5. The summed E-state index contributed by atoms with van der Waals surface area (Å²) in [5, 5.41) is 11.9. The van der Waals surface area contributed by atoms with Crippen LogP contribution in [0.3, 0.4) is 0 Å². The van der Waals surface area contributed by atoms with Crippen molar-refractivity contribution in [1.29, 1.82) is 0 Å². The lowest BCUT2D eigenvalue weighted by Crippen LogP contribution is -2.47. The largest absolute Gasteiger partial charge is 0.312 e. The van der Waals surface area contributed by atoms with Crippen LogP contribution in [-0.2, 0) is 13.6 Å². The first-order valence-corrected chi connectivity index (χ1v) is 7.19. The number of aryl methyl sites for hydroxylation is 1. The van der Waals surface area contributed by atoms with Crippen molar-refractivity contribution < 1.29 is 0 Å². The van der Waals surface area contributed by atoms with Crippen molar-refractivity contribution in [2.24, 2.45) is 12.5 Å². The van der Waals surface area contributed by atoms with Gasteiger partial charge in [0.15, 0.2) is 0 Å². The molecule has 5 heteroatoms. The minimum Gasteiger partial charge on any atom is -0.312 e. The predicted molar refractivity (Wildman–Crippen MR) is 76.7 cm³/mol. The van der Waals surface area contributed by atoms with Crippen LogP contribution in [0.2, 0.25) is 0 Å². The van der Waals surface area contributed by atoms with Gasteiger partial charge in [-0.15, -0.1) is 5.10 Å². The summed E-state index contributed by atoms with van der Waals surface area (Å²) in [6.07, 6.45) is 3.20. The van der Waals surface area contributed by atoms with E-state index in [9.17, 15) is 0 Å². The Morgan fingerprint density at radius 3 is 2.74 bits per heavy atom. The molecule has 0 aliphatic carbocycles. The molecule has 1 N–H and O–H groups in total. The van der Waals surface area contributed by atoms with Crippen molar-refractivity contribution >= 4 is 0 Å². The van der Waals surface area contributed by atoms with E-state index in [1.165, 1.54) is 6.42 Å². The van der Waals surface area contributed by atoms with Gasteiger partial charge in [-0.3, -0.25) is 9.58 Å². The SMILES string of the molecule is CC1CCNC(C(C)(C)C)CN1Cc1cn(C)nn1. The van der Waals surface area contributed by atoms with Gasteiger partial charge in [-0.2, -0.15) is 0 Å². The molecule has 1 aliphatic heterocycles. The highest BCUT2D eigenvalue weighted by atomic mass is 15.4. The second-order valence-electron chi connectivity index (χ2n) is 6.82. The van der Waals surface area contributed by atoms with E-state index in [4.69, 9.17) is 0 Å². The molecular formula is C14H27N5. The summed E-state index contributed by atoms with van der Waals surface area (Å²) in [6.45, 7) is 12.3. The molecule has 0 aromatic carbocycles. The van der Waals surface area contributed by atoms with Gasteiger partial charge in [-0.25, -0.2) is 0 Å². The van der Waals surface area contributed by atoms with E-state index in [1.807, 2.05) is 13.2 Å². The van der Waals surface area contributed by atoms with Crippen molar-refractivity contribution in [3.63, 3.8) is 0 Å². The first-order valence-electron chi connectivity index (χ1n) is 7.19. The Hall–Kier alpha value is -0.940. The number of hydrogen-bond donors (Lipinski definition) is 1. The lowest BCUT2D eigenvalue weighted by molar-refractivity contribution is 0.156. The molecule has 19 heavy (non-hydrogen) atoms. The predicted octanol–water partition coefficient (Wildman–Crippen LogP) is 1.41. The fourth-order valence-corrected chi connectivity index (χ4v) is 2.60. The Bertz CT molecular complexity index is 406. The minimum absolute atomic E-state index is 0.282. The Morgan fingerprint density at radius 2 is 2.16 bits per heavy atom. The highest BCUT2D eigenvalue weighted by molar-refractivity contribution is 4.95. The van der Waals surface area contributed by atoms with Crippen molar-refractivity contribution in [1.82, 2.24) is 25.2 Å². The lowest BCUT2D eigenvalue weighted by Gasteiger charge is -2.35. The summed E-state index contributed by atoms with van der Waals surface area (Å²) in [7, 11) is 1.92. The molecule has 5 nitrogen and oxygen atoms in total. The third-order valence-corrected chi connectivity index (χ3v) is 4.05. The van der Waals surface area contributed by atoms with Crippen LogP contribution in [0, 0.1) is 5.41 Å². The fraction of sp³-hybridized carbons (Fsp3) is 0.857. The molecule has 0 bridgehead atoms. The third-order valence-electron chi connectivity index (χ3n) is 4.05. The van der Waals surface area contributed by atoms with E-state index in [2.05, 4.69) is 48.2 Å². The summed E-state index contributed by atoms with van der Waals surface area (Å²) >= 11 is 0. The van der Waals surface area contributed by atoms with Crippen LogP contribution in [0.5, 0.6) is 0 Å². The Morgan fingerprint density at radius 1 is 1.42 bits per heavy atom. The molecule has 1 aromatic rings. The smallest absolute Gasteiger partial charge is 0.0967 e. The van der Waals surface area contributed by atoms with Gasteiger partial charge in [0.25, 0.3) is 0 Å². The van der Waals surface area contributed by atoms with Crippen molar-refractivity contribution in [2.45, 2.75) is 52.7 Å². The molecule has 1 fully saturated rings. The van der Waals surface area contributed by atoms with Crippen LogP contribution < -0.4 is 5.32 Å². The van der Waals surface area contributed by atoms with E-state index in [1.54, 1.807) is 4.68 Å². The second kappa shape index (κ2) is 5.59. The summed E-state index contributed by atoms with van der Waals surface area (Å²) in [6, 6.07) is 1.11. The molecule has 2 heterocycles. The van der Waals surface area contributed by atoms with Gasteiger partial charge in [0.1, 0.15) is 0 Å². The topological polar surface area (TPSA) is 46.0 Å². The Kier molecular flexibility index (Phi) is 4.26.